The number of carbonyl (C=O) groups is 2. The lowest BCUT2D eigenvalue weighted by atomic mass is 10.2. The van der Waals surface area contributed by atoms with Gasteiger partial charge in [0.25, 0.3) is 11.8 Å². The Balaban J connectivity index is 2.57. The number of hydrogen-bond acceptors (Lipinski definition) is 5. The number of hydrogen-bond donors (Lipinski definition) is 3. The van der Waals surface area contributed by atoms with Crippen LogP contribution in [0.2, 0.25) is 0 Å². The molecular formula is C16H17FN4O4. The zero-order valence-electron chi connectivity index (χ0n) is 13.6. The van der Waals surface area contributed by atoms with Crippen molar-refractivity contribution in [3.8, 4) is 5.88 Å². The fourth-order valence-electron chi connectivity index (χ4n) is 2.17. The second-order valence-electron chi connectivity index (χ2n) is 5.07. The number of benzene rings is 1. The van der Waals surface area contributed by atoms with Crippen LogP contribution < -0.4 is 20.7 Å². The van der Waals surface area contributed by atoms with Gasteiger partial charge in [-0.25, -0.2) is 9.18 Å². The number of aromatic nitrogens is 1. The molecule has 0 aliphatic heterocycles. The SMILES string of the molecule is COc1nc(N(C(=O)C(C)NC(=O)O)c2ccccc2)c(N)cc1F. The molecular weight excluding hydrogens is 331 g/mol. The van der Waals surface area contributed by atoms with Crippen molar-refractivity contribution in [3.63, 3.8) is 0 Å². The minimum absolute atomic E-state index is 0.0616. The van der Waals surface area contributed by atoms with Crippen molar-refractivity contribution in [3.05, 3.63) is 42.2 Å². The largest absolute Gasteiger partial charge is 0.479 e. The van der Waals surface area contributed by atoms with Crippen LogP contribution in [0.3, 0.4) is 0 Å². The van der Waals surface area contributed by atoms with Crippen LogP contribution in [-0.4, -0.2) is 35.2 Å². The van der Waals surface area contributed by atoms with Crippen molar-refractivity contribution in [2.45, 2.75) is 13.0 Å². The summed E-state index contributed by atoms with van der Waals surface area (Å²) in [5.41, 5.74) is 6.12. The standard InChI is InChI=1S/C16H17FN4O4/c1-9(19-16(23)24)15(22)21(10-6-4-3-5-7-10)13-12(18)8-11(17)14(20-13)25-2/h3-9,19H,18H2,1-2H3,(H,23,24). The van der Waals surface area contributed by atoms with E-state index in [-0.39, 0.29) is 17.4 Å². The highest BCUT2D eigenvalue weighted by molar-refractivity contribution is 6.05. The Kier molecular flexibility index (Phi) is 5.38. The summed E-state index contributed by atoms with van der Waals surface area (Å²) >= 11 is 0. The Morgan fingerprint density at radius 1 is 1.36 bits per heavy atom. The molecule has 1 atom stereocenters. The van der Waals surface area contributed by atoms with Gasteiger partial charge in [-0.15, -0.1) is 0 Å². The first-order valence-electron chi connectivity index (χ1n) is 7.23. The Bertz CT molecular complexity index is 785. The molecule has 0 saturated carbocycles. The molecule has 4 N–H and O–H groups in total. The predicted octanol–water partition coefficient (Wildman–Crippen LogP) is 2.13. The smallest absolute Gasteiger partial charge is 0.405 e. The summed E-state index contributed by atoms with van der Waals surface area (Å²) < 4.78 is 18.6. The summed E-state index contributed by atoms with van der Waals surface area (Å²) in [6, 6.07) is 8.23. The van der Waals surface area contributed by atoms with Gasteiger partial charge >= 0.3 is 6.09 Å². The average molecular weight is 348 g/mol. The minimum atomic E-state index is -1.36. The maximum absolute atomic E-state index is 13.8. The van der Waals surface area contributed by atoms with Crippen LogP contribution in [0, 0.1) is 5.82 Å². The monoisotopic (exact) mass is 348 g/mol. The Morgan fingerprint density at radius 2 is 2.00 bits per heavy atom. The molecule has 2 rings (SSSR count). The van der Waals surface area contributed by atoms with Gasteiger partial charge in [-0.3, -0.25) is 9.69 Å². The zero-order valence-corrected chi connectivity index (χ0v) is 13.6. The number of nitrogens with zero attached hydrogens (tertiary/aromatic N) is 2. The van der Waals surface area contributed by atoms with Crippen molar-refractivity contribution < 1.29 is 23.8 Å². The first-order valence-corrected chi connectivity index (χ1v) is 7.23. The number of anilines is 3. The molecule has 1 aromatic heterocycles. The molecule has 2 aromatic rings. The lowest BCUT2D eigenvalue weighted by Gasteiger charge is -2.26. The lowest BCUT2D eigenvalue weighted by molar-refractivity contribution is -0.119. The van der Waals surface area contributed by atoms with Crippen molar-refractivity contribution in [2.75, 3.05) is 17.7 Å². The van der Waals surface area contributed by atoms with Gasteiger partial charge in [-0.05, 0) is 19.1 Å². The van der Waals surface area contributed by atoms with Crippen molar-refractivity contribution >= 4 is 29.2 Å². The Labute approximate surface area is 143 Å². The van der Waals surface area contributed by atoms with E-state index in [1.165, 1.54) is 14.0 Å². The number of rotatable bonds is 5. The number of methoxy groups -OCH3 is 1. The van der Waals surface area contributed by atoms with Crippen LogP contribution in [0.5, 0.6) is 5.88 Å². The number of pyridine rings is 1. The summed E-state index contributed by atoms with van der Waals surface area (Å²) in [7, 11) is 1.23. The normalized spacial score (nSPS) is 11.5. The molecule has 2 amide bonds. The topological polar surface area (TPSA) is 118 Å². The fraction of sp³-hybridized carbons (Fsp3) is 0.188. The Morgan fingerprint density at radius 3 is 2.56 bits per heavy atom. The maximum atomic E-state index is 13.8. The zero-order chi connectivity index (χ0) is 18.6. The molecule has 132 valence electrons. The van der Waals surface area contributed by atoms with Crippen LogP contribution in [0.15, 0.2) is 36.4 Å². The summed E-state index contributed by atoms with van der Waals surface area (Å²) in [6.07, 6.45) is -1.36. The molecule has 0 aliphatic carbocycles. The summed E-state index contributed by atoms with van der Waals surface area (Å²) in [4.78, 5) is 28.7. The van der Waals surface area contributed by atoms with E-state index in [1.54, 1.807) is 30.3 Å². The van der Waals surface area contributed by atoms with E-state index in [4.69, 9.17) is 15.6 Å². The van der Waals surface area contributed by atoms with Crippen molar-refractivity contribution in [1.82, 2.24) is 10.3 Å². The van der Waals surface area contributed by atoms with Gasteiger partial charge in [0.15, 0.2) is 11.6 Å². The molecule has 0 bridgehead atoms. The molecule has 0 aliphatic rings. The van der Waals surface area contributed by atoms with E-state index in [0.717, 1.165) is 11.0 Å². The first-order chi connectivity index (χ1) is 11.8. The number of carbonyl (C=O) groups excluding carboxylic acids is 1. The van der Waals surface area contributed by atoms with E-state index in [2.05, 4.69) is 10.3 Å². The number of halogens is 1. The molecule has 0 radical (unpaired) electrons. The van der Waals surface area contributed by atoms with E-state index < -0.39 is 23.9 Å². The van der Waals surface area contributed by atoms with Crippen molar-refractivity contribution in [2.24, 2.45) is 0 Å². The number of nitrogens with one attached hydrogen (secondary N) is 1. The molecule has 8 nitrogen and oxygen atoms in total. The van der Waals surface area contributed by atoms with Gasteiger partial charge < -0.3 is 20.9 Å². The van der Waals surface area contributed by atoms with Crippen LogP contribution in [0.1, 0.15) is 6.92 Å². The molecule has 0 fully saturated rings. The van der Waals surface area contributed by atoms with Crippen molar-refractivity contribution in [1.29, 1.82) is 0 Å². The average Bonchev–Trinajstić information content (AvgIpc) is 2.57. The second-order valence-corrected chi connectivity index (χ2v) is 5.07. The van der Waals surface area contributed by atoms with Crippen LogP contribution in [0.25, 0.3) is 0 Å². The van der Waals surface area contributed by atoms with Gasteiger partial charge in [-0.2, -0.15) is 4.98 Å². The van der Waals surface area contributed by atoms with E-state index >= 15 is 0 Å². The lowest BCUT2D eigenvalue weighted by Crippen LogP contribution is -2.45. The highest BCUT2D eigenvalue weighted by atomic mass is 19.1. The predicted molar refractivity (Wildman–Crippen MR) is 89.4 cm³/mol. The highest BCUT2D eigenvalue weighted by Crippen LogP contribution is 2.32. The van der Waals surface area contributed by atoms with Crippen LogP contribution in [-0.2, 0) is 4.79 Å². The van der Waals surface area contributed by atoms with Crippen LogP contribution in [0.4, 0.5) is 26.4 Å². The molecule has 9 heteroatoms. The number of nitrogen functional groups attached to an aromatic ring is 1. The third kappa shape index (κ3) is 3.94. The van der Waals surface area contributed by atoms with Gasteiger partial charge in [0.2, 0.25) is 0 Å². The summed E-state index contributed by atoms with van der Waals surface area (Å²) in [6.45, 7) is 1.38. The number of nitrogens with two attached hydrogens (primary N) is 1. The van der Waals surface area contributed by atoms with E-state index in [1.807, 2.05) is 0 Å². The van der Waals surface area contributed by atoms with Gasteiger partial charge in [0.1, 0.15) is 6.04 Å². The maximum Gasteiger partial charge on any atom is 0.405 e. The second kappa shape index (κ2) is 7.47. The summed E-state index contributed by atoms with van der Waals surface area (Å²) in [5.74, 6) is -1.81. The number of amides is 2. The number of ether oxygens (including phenoxy) is 1. The number of carboxylic acid groups (broad SMARTS) is 1. The van der Waals surface area contributed by atoms with Crippen LogP contribution >= 0.6 is 0 Å². The first kappa shape index (κ1) is 18.0. The number of para-hydroxylation sites is 1. The third-order valence-corrected chi connectivity index (χ3v) is 3.30. The van der Waals surface area contributed by atoms with Gasteiger partial charge in [0, 0.05) is 6.07 Å². The van der Waals surface area contributed by atoms with Gasteiger partial charge in [-0.1, -0.05) is 18.2 Å². The molecule has 1 unspecified atom stereocenters. The Hall–Kier alpha value is -3.36. The molecule has 25 heavy (non-hydrogen) atoms. The highest BCUT2D eigenvalue weighted by Gasteiger charge is 2.28. The summed E-state index contributed by atoms with van der Waals surface area (Å²) in [5, 5.41) is 10.9. The molecule has 1 aromatic carbocycles. The minimum Gasteiger partial charge on any atom is -0.479 e. The third-order valence-electron chi connectivity index (χ3n) is 3.30. The molecule has 0 saturated heterocycles. The molecule has 1 heterocycles. The molecule has 0 spiro atoms. The van der Waals surface area contributed by atoms with E-state index in [9.17, 15) is 14.0 Å². The van der Waals surface area contributed by atoms with Gasteiger partial charge in [0.05, 0.1) is 18.5 Å². The quantitative estimate of drug-likeness (QED) is 0.762. The van der Waals surface area contributed by atoms with E-state index in [0.29, 0.717) is 5.69 Å². The fourth-order valence-corrected chi connectivity index (χ4v) is 2.17.